The van der Waals surface area contributed by atoms with E-state index < -0.39 is 0 Å². The monoisotopic (exact) mass is 315 g/mol. The summed E-state index contributed by atoms with van der Waals surface area (Å²) in [6.07, 6.45) is 7.30. The number of hydrogen-bond acceptors (Lipinski definition) is 4. The molecular formula is C16H23N6O+. The fraction of sp³-hybridized carbons (Fsp3) is 0.375. The molecule has 1 aliphatic rings. The summed E-state index contributed by atoms with van der Waals surface area (Å²) in [5.74, 6) is 0.355. The van der Waals surface area contributed by atoms with Crippen molar-refractivity contribution in [2.45, 2.75) is 26.8 Å². The van der Waals surface area contributed by atoms with Gasteiger partial charge >= 0.3 is 0 Å². The molecule has 0 spiro atoms. The van der Waals surface area contributed by atoms with E-state index >= 15 is 0 Å². The summed E-state index contributed by atoms with van der Waals surface area (Å²) >= 11 is 0. The zero-order valence-corrected chi connectivity index (χ0v) is 14.2. The molecule has 7 heteroatoms. The van der Waals surface area contributed by atoms with Crippen LogP contribution in [0.1, 0.15) is 26.8 Å². The quantitative estimate of drug-likeness (QED) is 0.653. The van der Waals surface area contributed by atoms with E-state index in [-0.39, 0.29) is 11.9 Å². The summed E-state index contributed by atoms with van der Waals surface area (Å²) in [7, 11) is 3.88. The molecule has 0 saturated carbocycles. The molecule has 1 aromatic rings. The lowest BCUT2D eigenvalue weighted by molar-refractivity contribution is -0.462. The third-order valence-electron chi connectivity index (χ3n) is 3.35. The smallest absolute Gasteiger partial charge is 0.221 e. The molecule has 1 aliphatic carbocycles. The lowest BCUT2D eigenvalue weighted by Crippen LogP contribution is -2.28. The average Bonchev–Trinajstić information content (AvgIpc) is 2.81. The van der Waals surface area contributed by atoms with Crippen molar-refractivity contribution < 1.29 is 9.37 Å². The molecule has 7 nitrogen and oxygen atoms in total. The average molecular weight is 315 g/mol. The van der Waals surface area contributed by atoms with Crippen molar-refractivity contribution in [2.75, 3.05) is 19.8 Å². The highest BCUT2D eigenvalue weighted by Crippen LogP contribution is 2.25. The number of anilines is 1. The molecule has 1 aromatic heterocycles. The van der Waals surface area contributed by atoms with Gasteiger partial charge in [-0.2, -0.15) is 5.10 Å². The molecule has 0 aromatic carbocycles. The minimum absolute atomic E-state index is 0.150. The van der Waals surface area contributed by atoms with E-state index in [4.69, 9.17) is 5.73 Å². The highest BCUT2D eigenvalue weighted by atomic mass is 16.1. The Hall–Kier alpha value is -2.70. The van der Waals surface area contributed by atoms with Gasteiger partial charge < -0.3 is 11.1 Å². The number of hydrogen-bond donors (Lipinski definition) is 2. The van der Waals surface area contributed by atoms with Gasteiger partial charge in [-0.3, -0.25) is 4.79 Å². The summed E-state index contributed by atoms with van der Waals surface area (Å²) in [5.41, 5.74) is 8.93. The molecule has 122 valence electrons. The van der Waals surface area contributed by atoms with Crippen LogP contribution < -0.4 is 11.1 Å². The lowest BCUT2D eigenvalue weighted by atomic mass is 10.1. The van der Waals surface area contributed by atoms with Gasteiger partial charge in [-0.1, -0.05) is 0 Å². The van der Waals surface area contributed by atoms with Crippen LogP contribution in [-0.2, 0) is 4.79 Å². The van der Waals surface area contributed by atoms with Crippen LogP contribution in [0.25, 0.3) is 0 Å². The second-order valence-electron chi connectivity index (χ2n) is 5.84. The first-order valence-electron chi connectivity index (χ1n) is 7.43. The van der Waals surface area contributed by atoms with Crippen molar-refractivity contribution in [1.29, 1.82) is 0 Å². The number of nitrogens with two attached hydrogens (primary N) is 1. The number of nitrogens with zero attached hydrogens (tertiary/aromatic N) is 4. The number of allylic oxidation sites excluding steroid dienone is 3. The van der Waals surface area contributed by atoms with Crippen LogP contribution in [0.5, 0.6) is 0 Å². The van der Waals surface area contributed by atoms with Gasteiger partial charge in [0.15, 0.2) is 0 Å². The highest BCUT2D eigenvalue weighted by Gasteiger charge is 2.17. The maximum atomic E-state index is 11.5. The van der Waals surface area contributed by atoms with Crippen molar-refractivity contribution in [3.05, 3.63) is 30.1 Å². The van der Waals surface area contributed by atoms with Gasteiger partial charge in [0.25, 0.3) is 0 Å². The molecule has 0 unspecified atom stereocenters. The van der Waals surface area contributed by atoms with E-state index in [1.807, 2.05) is 50.7 Å². The molecule has 0 aliphatic heterocycles. The Kier molecular flexibility index (Phi) is 4.78. The Labute approximate surface area is 135 Å². The summed E-state index contributed by atoms with van der Waals surface area (Å²) in [5, 5.41) is 7.06. The highest BCUT2D eigenvalue weighted by molar-refractivity contribution is 6.21. The topological polar surface area (TPSA) is 88.3 Å². The first-order valence-corrected chi connectivity index (χ1v) is 7.43. The zero-order chi connectivity index (χ0) is 17.1. The number of aliphatic imine (C=N–C) groups is 1. The van der Waals surface area contributed by atoms with E-state index in [2.05, 4.69) is 15.4 Å². The SMILES string of the molecule is CC(=O)NC1=CC(=[N+](C)C)C=C/C1=N/c1cnn(C(C)C)c1N. The van der Waals surface area contributed by atoms with Crippen LogP contribution >= 0.6 is 0 Å². The van der Waals surface area contributed by atoms with Gasteiger partial charge in [0.2, 0.25) is 11.6 Å². The number of carbonyl (C=O) groups is 1. The van der Waals surface area contributed by atoms with Crippen molar-refractivity contribution >= 4 is 28.8 Å². The van der Waals surface area contributed by atoms with Gasteiger partial charge in [0.1, 0.15) is 25.6 Å². The van der Waals surface area contributed by atoms with Crippen molar-refractivity contribution in [3.63, 3.8) is 0 Å². The van der Waals surface area contributed by atoms with Crippen LogP contribution in [0, 0.1) is 0 Å². The van der Waals surface area contributed by atoms with Crippen molar-refractivity contribution in [3.8, 4) is 0 Å². The number of nitrogens with one attached hydrogen (secondary N) is 1. The van der Waals surface area contributed by atoms with E-state index in [1.54, 1.807) is 10.9 Å². The molecule has 0 fully saturated rings. The molecule has 23 heavy (non-hydrogen) atoms. The first kappa shape index (κ1) is 16.7. The predicted octanol–water partition coefficient (Wildman–Crippen LogP) is 1.42. The van der Waals surface area contributed by atoms with Crippen LogP contribution in [0.15, 0.2) is 35.1 Å². The van der Waals surface area contributed by atoms with Crippen molar-refractivity contribution in [1.82, 2.24) is 15.1 Å². The Morgan fingerprint density at radius 3 is 2.61 bits per heavy atom. The molecule has 1 amide bonds. The van der Waals surface area contributed by atoms with Crippen molar-refractivity contribution in [2.24, 2.45) is 4.99 Å². The standard InChI is InChI=1S/C16H22N6O/c1-10(2)22-16(17)15(9-18-22)20-13-7-6-12(21(4)5)8-14(13)19-11(3)23/h6-10H,1-5H3,(H2,17,18,19,23)/p+1. The molecule has 0 radical (unpaired) electrons. The number of aromatic nitrogens is 2. The minimum atomic E-state index is -0.150. The Bertz CT molecular complexity index is 745. The van der Waals surface area contributed by atoms with Crippen LogP contribution in [-0.4, -0.2) is 45.8 Å². The first-order chi connectivity index (χ1) is 10.8. The molecule has 0 saturated heterocycles. The van der Waals surface area contributed by atoms with Gasteiger partial charge in [0.05, 0.1) is 17.6 Å². The van der Waals surface area contributed by atoms with E-state index in [1.165, 1.54) is 6.92 Å². The van der Waals surface area contributed by atoms with E-state index in [0.29, 0.717) is 22.9 Å². The lowest BCUT2D eigenvalue weighted by Gasteiger charge is -2.12. The third kappa shape index (κ3) is 3.74. The molecule has 3 N–H and O–H groups in total. The van der Waals surface area contributed by atoms with E-state index in [9.17, 15) is 4.79 Å². The van der Waals surface area contributed by atoms with Crippen LogP contribution in [0.3, 0.4) is 0 Å². The Morgan fingerprint density at radius 2 is 2.09 bits per heavy atom. The Morgan fingerprint density at radius 1 is 1.39 bits per heavy atom. The number of amides is 1. The van der Waals surface area contributed by atoms with Crippen LogP contribution in [0.2, 0.25) is 0 Å². The number of nitrogen functional groups attached to an aromatic ring is 1. The molecule has 0 atom stereocenters. The van der Waals surface area contributed by atoms with Gasteiger partial charge in [-0.05, 0) is 19.9 Å². The third-order valence-corrected chi connectivity index (χ3v) is 3.35. The van der Waals surface area contributed by atoms with Crippen LogP contribution in [0.4, 0.5) is 11.5 Å². The summed E-state index contributed by atoms with van der Waals surface area (Å²) in [6.45, 7) is 5.47. The zero-order valence-electron chi connectivity index (χ0n) is 14.2. The minimum Gasteiger partial charge on any atom is -0.382 e. The number of rotatable bonds is 3. The largest absolute Gasteiger partial charge is 0.382 e. The second kappa shape index (κ2) is 6.60. The number of carbonyl (C=O) groups excluding carboxylic acids is 1. The molecule has 2 rings (SSSR count). The molecule has 1 heterocycles. The summed E-state index contributed by atoms with van der Waals surface area (Å²) < 4.78 is 3.67. The fourth-order valence-electron chi connectivity index (χ4n) is 2.18. The van der Waals surface area contributed by atoms with E-state index in [0.717, 1.165) is 5.71 Å². The maximum Gasteiger partial charge on any atom is 0.221 e. The van der Waals surface area contributed by atoms with Gasteiger partial charge in [0, 0.05) is 25.1 Å². The normalized spacial score (nSPS) is 16.0. The Balaban J connectivity index is 2.45. The fourth-order valence-corrected chi connectivity index (χ4v) is 2.18. The molecule has 0 bridgehead atoms. The summed E-state index contributed by atoms with van der Waals surface area (Å²) in [4.78, 5) is 16.0. The van der Waals surface area contributed by atoms with Gasteiger partial charge in [-0.25, -0.2) is 14.2 Å². The second-order valence-corrected chi connectivity index (χ2v) is 5.84. The summed E-state index contributed by atoms with van der Waals surface area (Å²) in [6, 6.07) is 0.157. The van der Waals surface area contributed by atoms with Gasteiger partial charge in [-0.15, -0.1) is 0 Å². The molecular weight excluding hydrogens is 292 g/mol. The predicted molar refractivity (Wildman–Crippen MR) is 92.3 cm³/mol. The maximum absolute atomic E-state index is 11.5.